The van der Waals surface area contributed by atoms with Gasteiger partial charge in [0.2, 0.25) is 5.91 Å². The summed E-state index contributed by atoms with van der Waals surface area (Å²) in [6, 6.07) is 0. The molecule has 1 aromatic heterocycles. The van der Waals surface area contributed by atoms with Crippen LogP contribution in [-0.2, 0) is 11.3 Å². The Morgan fingerprint density at radius 1 is 1.25 bits per heavy atom. The SMILES string of the molecule is CCCNC(=O)CCNC(=NCc1nc(C(C)C)cs1)NCC.I. The molecule has 1 heterocycles. The van der Waals surface area contributed by atoms with Gasteiger partial charge in [0.1, 0.15) is 5.01 Å². The molecular weight excluding hydrogens is 437 g/mol. The number of aliphatic imine (C=N–C) groups is 1. The number of amides is 1. The van der Waals surface area contributed by atoms with E-state index in [2.05, 4.69) is 45.2 Å². The molecule has 0 aliphatic carbocycles. The Hall–Kier alpha value is -0.900. The monoisotopic (exact) mass is 467 g/mol. The van der Waals surface area contributed by atoms with E-state index in [4.69, 9.17) is 0 Å². The lowest BCUT2D eigenvalue weighted by Crippen LogP contribution is -2.39. The third-order valence-electron chi connectivity index (χ3n) is 3.09. The smallest absolute Gasteiger partial charge is 0.221 e. The molecule has 0 fully saturated rings. The van der Waals surface area contributed by atoms with Crippen molar-refractivity contribution in [2.75, 3.05) is 19.6 Å². The van der Waals surface area contributed by atoms with Gasteiger partial charge in [-0.1, -0.05) is 20.8 Å². The number of nitrogens with one attached hydrogen (secondary N) is 3. The van der Waals surface area contributed by atoms with Gasteiger partial charge in [-0.25, -0.2) is 9.98 Å². The summed E-state index contributed by atoms with van der Waals surface area (Å²) in [5.41, 5.74) is 1.12. The average molecular weight is 467 g/mol. The summed E-state index contributed by atoms with van der Waals surface area (Å²) < 4.78 is 0. The molecule has 0 aromatic carbocycles. The van der Waals surface area contributed by atoms with Crippen molar-refractivity contribution in [2.45, 2.75) is 53.0 Å². The quantitative estimate of drug-likeness (QED) is 0.297. The fourth-order valence-electron chi connectivity index (χ4n) is 1.80. The first kappa shape index (κ1) is 23.1. The molecule has 138 valence electrons. The van der Waals surface area contributed by atoms with Crippen molar-refractivity contribution in [3.63, 3.8) is 0 Å². The van der Waals surface area contributed by atoms with Crippen molar-refractivity contribution < 1.29 is 4.79 Å². The van der Waals surface area contributed by atoms with Gasteiger partial charge in [0, 0.05) is 31.4 Å². The van der Waals surface area contributed by atoms with Crippen LogP contribution in [-0.4, -0.2) is 36.5 Å². The minimum atomic E-state index is 0. The first-order chi connectivity index (χ1) is 11.1. The molecular formula is C16H30IN5OS. The second kappa shape index (κ2) is 13.4. The highest BCUT2D eigenvalue weighted by Crippen LogP contribution is 2.18. The lowest BCUT2D eigenvalue weighted by Gasteiger charge is -2.10. The summed E-state index contributed by atoms with van der Waals surface area (Å²) in [5.74, 6) is 1.23. The van der Waals surface area contributed by atoms with Crippen LogP contribution in [0.4, 0.5) is 0 Å². The molecule has 8 heteroatoms. The summed E-state index contributed by atoms with van der Waals surface area (Å²) in [6.07, 6.45) is 1.40. The maximum Gasteiger partial charge on any atom is 0.221 e. The van der Waals surface area contributed by atoms with Crippen LogP contribution in [0.25, 0.3) is 0 Å². The maximum atomic E-state index is 11.6. The van der Waals surface area contributed by atoms with E-state index >= 15 is 0 Å². The number of aromatic nitrogens is 1. The number of carbonyl (C=O) groups is 1. The van der Waals surface area contributed by atoms with E-state index in [1.165, 1.54) is 0 Å². The molecule has 0 aliphatic rings. The highest BCUT2D eigenvalue weighted by Gasteiger charge is 2.06. The topological polar surface area (TPSA) is 78.4 Å². The van der Waals surface area contributed by atoms with Crippen LogP contribution in [0.2, 0.25) is 0 Å². The Balaban J connectivity index is 0.00000529. The summed E-state index contributed by atoms with van der Waals surface area (Å²) >= 11 is 1.64. The third kappa shape index (κ3) is 9.41. The molecule has 1 amide bonds. The standard InChI is InChI=1S/C16H29N5OS.HI/c1-5-8-18-14(22)7-9-19-16(17-6-2)20-10-15-21-13(11-23-15)12(3)4;/h11-12H,5-10H2,1-4H3,(H,18,22)(H2,17,19,20);1H. The highest BCUT2D eigenvalue weighted by molar-refractivity contribution is 14.0. The predicted molar refractivity (Wildman–Crippen MR) is 112 cm³/mol. The fourth-order valence-corrected chi connectivity index (χ4v) is 2.68. The van der Waals surface area contributed by atoms with Crippen LogP contribution < -0.4 is 16.0 Å². The van der Waals surface area contributed by atoms with Gasteiger partial charge in [0.05, 0.1) is 12.2 Å². The molecule has 6 nitrogen and oxygen atoms in total. The van der Waals surface area contributed by atoms with E-state index in [1.54, 1.807) is 11.3 Å². The molecule has 0 saturated carbocycles. The first-order valence-electron chi connectivity index (χ1n) is 8.30. The Kier molecular flexibility index (Phi) is 12.9. The van der Waals surface area contributed by atoms with Crippen LogP contribution in [0, 0.1) is 0 Å². The van der Waals surface area contributed by atoms with Gasteiger partial charge in [0.25, 0.3) is 0 Å². The minimum Gasteiger partial charge on any atom is -0.357 e. The molecule has 3 N–H and O–H groups in total. The van der Waals surface area contributed by atoms with Crippen LogP contribution in [0.3, 0.4) is 0 Å². The van der Waals surface area contributed by atoms with Crippen molar-refractivity contribution in [1.82, 2.24) is 20.9 Å². The number of hydrogen-bond donors (Lipinski definition) is 3. The van der Waals surface area contributed by atoms with Gasteiger partial charge in [-0.15, -0.1) is 35.3 Å². The molecule has 24 heavy (non-hydrogen) atoms. The van der Waals surface area contributed by atoms with E-state index < -0.39 is 0 Å². The molecule has 0 atom stereocenters. The number of guanidine groups is 1. The van der Waals surface area contributed by atoms with Gasteiger partial charge in [-0.2, -0.15) is 0 Å². The number of nitrogens with zero attached hydrogens (tertiary/aromatic N) is 2. The van der Waals surface area contributed by atoms with E-state index in [0.717, 1.165) is 36.2 Å². The fraction of sp³-hybridized carbons (Fsp3) is 0.688. The van der Waals surface area contributed by atoms with E-state index in [0.29, 0.717) is 25.4 Å². The number of rotatable bonds is 9. The summed E-state index contributed by atoms with van der Waals surface area (Å²) in [6.45, 7) is 11.0. The Morgan fingerprint density at radius 3 is 2.58 bits per heavy atom. The second-order valence-electron chi connectivity index (χ2n) is 5.54. The van der Waals surface area contributed by atoms with Gasteiger partial charge >= 0.3 is 0 Å². The van der Waals surface area contributed by atoms with Crippen LogP contribution in [0.5, 0.6) is 0 Å². The molecule has 0 spiro atoms. The Bertz CT molecular complexity index is 504. The molecule has 0 unspecified atom stereocenters. The van der Waals surface area contributed by atoms with Crippen molar-refractivity contribution in [3.05, 3.63) is 16.1 Å². The molecule has 0 radical (unpaired) electrons. The molecule has 0 aliphatic heterocycles. The van der Waals surface area contributed by atoms with Crippen molar-refractivity contribution >= 4 is 47.2 Å². The zero-order valence-electron chi connectivity index (χ0n) is 15.0. The van der Waals surface area contributed by atoms with Crippen LogP contribution in [0.15, 0.2) is 10.4 Å². The lowest BCUT2D eigenvalue weighted by atomic mass is 10.2. The van der Waals surface area contributed by atoms with Gasteiger partial charge < -0.3 is 16.0 Å². The zero-order chi connectivity index (χ0) is 17.1. The summed E-state index contributed by atoms with van der Waals surface area (Å²) in [7, 11) is 0. The van der Waals surface area contributed by atoms with Gasteiger partial charge in [0.15, 0.2) is 5.96 Å². The highest BCUT2D eigenvalue weighted by atomic mass is 127. The molecule has 1 rings (SSSR count). The van der Waals surface area contributed by atoms with Crippen molar-refractivity contribution in [2.24, 2.45) is 4.99 Å². The molecule has 0 saturated heterocycles. The van der Waals surface area contributed by atoms with E-state index in [-0.39, 0.29) is 29.9 Å². The average Bonchev–Trinajstić information content (AvgIpc) is 2.99. The number of carbonyl (C=O) groups excluding carboxylic acids is 1. The van der Waals surface area contributed by atoms with Gasteiger partial charge in [-0.05, 0) is 19.3 Å². The first-order valence-corrected chi connectivity index (χ1v) is 9.17. The Morgan fingerprint density at radius 2 is 2.00 bits per heavy atom. The summed E-state index contributed by atoms with van der Waals surface area (Å²) in [5, 5.41) is 12.3. The van der Waals surface area contributed by atoms with Crippen molar-refractivity contribution in [1.29, 1.82) is 0 Å². The minimum absolute atomic E-state index is 0. The van der Waals surface area contributed by atoms with E-state index in [9.17, 15) is 4.79 Å². The van der Waals surface area contributed by atoms with Crippen LogP contribution in [0.1, 0.15) is 57.2 Å². The molecule has 0 bridgehead atoms. The number of halogens is 1. The number of thiazole rings is 1. The maximum absolute atomic E-state index is 11.6. The van der Waals surface area contributed by atoms with Gasteiger partial charge in [-0.3, -0.25) is 4.79 Å². The third-order valence-corrected chi connectivity index (χ3v) is 3.95. The normalized spacial score (nSPS) is 11.1. The lowest BCUT2D eigenvalue weighted by molar-refractivity contribution is -0.120. The van der Waals surface area contributed by atoms with E-state index in [1.807, 2.05) is 13.8 Å². The Labute approximate surface area is 166 Å². The second-order valence-corrected chi connectivity index (χ2v) is 6.49. The number of hydrogen-bond acceptors (Lipinski definition) is 4. The molecule has 1 aromatic rings. The predicted octanol–water partition coefficient (Wildman–Crippen LogP) is 2.86. The summed E-state index contributed by atoms with van der Waals surface area (Å²) in [4.78, 5) is 20.7. The zero-order valence-corrected chi connectivity index (χ0v) is 18.2. The van der Waals surface area contributed by atoms with Crippen molar-refractivity contribution in [3.8, 4) is 0 Å². The largest absolute Gasteiger partial charge is 0.357 e. The van der Waals surface area contributed by atoms with Crippen LogP contribution >= 0.6 is 35.3 Å².